The molecule has 0 amide bonds. The molecule has 88 valence electrons. The molecule has 0 unspecified atom stereocenters. The van der Waals surface area contributed by atoms with Gasteiger partial charge < -0.3 is 4.90 Å². The lowest BCUT2D eigenvalue weighted by Gasteiger charge is -1.97. The first-order chi connectivity index (χ1) is 6.65. The number of alkyl halides is 1. The van der Waals surface area contributed by atoms with E-state index in [9.17, 15) is 0 Å². The molecule has 0 saturated carbocycles. The molecule has 0 saturated heterocycles. The van der Waals surface area contributed by atoms with Gasteiger partial charge >= 0.3 is 0 Å². The van der Waals surface area contributed by atoms with Crippen molar-refractivity contribution in [1.82, 2.24) is 4.90 Å². The molecule has 0 aromatic rings. The third kappa shape index (κ3) is 29.4. The summed E-state index contributed by atoms with van der Waals surface area (Å²) in [5, 5.41) is 1.18. The van der Waals surface area contributed by atoms with Crippen molar-refractivity contribution >= 4 is 15.9 Å². The molecular formula is C12H28BrN. The lowest BCUT2D eigenvalue weighted by atomic mass is 10.1. The normalized spacial score (nSPS) is 9.86. The van der Waals surface area contributed by atoms with E-state index in [1.54, 1.807) is 0 Å². The highest BCUT2D eigenvalue weighted by molar-refractivity contribution is 9.09. The Labute approximate surface area is 99.4 Å². The second kappa shape index (κ2) is 15.9. The Morgan fingerprint density at radius 1 is 0.786 bits per heavy atom. The van der Waals surface area contributed by atoms with E-state index in [1.165, 1.54) is 50.3 Å². The van der Waals surface area contributed by atoms with Crippen LogP contribution < -0.4 is 0 Å². The predicted octanol–water partition coefficient (Wildman–Crippen LogP) is 4.31. The maximum Gasteiger partial charge on any atom is 0.00313 e. The fourth-order valence-electron chi connectivity index (χ4n) is 1.05. The Hall–Kier alpha value is 0.440. The lowest BCUT2D eigenvalue weighted by molar-refractivity contribution is 0.505. The fourth-order valence-corrected chi connectivity index (χ4v) is 1.45. The van der Waals surface area contributed by atoms with Gasteiger partial charge in [-0.25, -0.2) is 0 Å². The first kappa shape index (κ1) is 16.9. The summed E-state index contributed by atoms with van der Waals surface area (Å²) in [7, 11) is 6.00. The van der Waals surface area contributed by atoms with E-state index < -0.39 is 0 Å². The third-order valence-electron chi connectivity index (χ3n) is 1.74. The summed E-state index contributed by atoms with van der Waals surface area (Å²) in [6.07, 6.45) is 9.87. The first-order valence-corrected chi connectivity index (χ1v) is 6.94. The van der Waals surface area contributed by atoms with Gasteiger partial charge in [0.2, 0.25) is 0 Å². The Kier molecular flexibility index (Phi) is 19.1. The van der Waals surface area contributed by atoms with Crippen LogP contribution in [0, 0.1) is 0 Å². The van der Waals surface area contributed by atoms with Gasteiger partial charge in [0, 0.05) is 5.33 Å². The van der Waals surface area contributed by atoms with Crippen molar-refractivity contribution in [3.05, 3.63) is 0 Å². The van der Waals surface area contributed by atoms with E-state index in [1.807, 2.05) is 26.0 Å². The standard InChI is InChI=1S/C9H19Br.C3H9N/c1-2-3-4-5-6-7-8-9-10;1-4(2)3/h2-9H2,1H3;1-3H3. The van der Waals surface area contributed by atoms with Crippen LogP contribution in [0.1, 0.15) is 51.9 Å². The van der Waals surface area contributed by atoms with E-state index in [-0.39, 0.29) is 0 Å². The van der Waals surface area contributed by atoms with Gasteiger partial charge in [-0.3, -0.25) is 0 Å². The van der Waals surface area contributed by atoms with Crippen LogP contribution in [0.25, 0.3) is 0 Å². The predicted molar refractivity (Wildman–Crippen MR) is 71.4 cm³/mol. The summed E-state index contributed by atoms with van der Waals surface area (Å²) in [4.78, 5) is 2.00. The van der Waals surface area contributed by atoms with Gasteiger partial charge in [0.25, 0.3) is 0 Å². The van der Waals surface area contributed by atoms with Gasteiger partial charge in [-0.2, -0.15) is 0 Å². The van der Waals surface area contributed by atoms with Crippen LogP contribution >= 0.6 is 15.9 Å². The number of rotatable bonds is 7. The van der Waals surface area contributed by atoms with Gasteiger partial charge in [0.15, 0.2) is 0 Å². The topological polar surface area (TPSA) is 3.24 Å². The summed E-state index contributed by atoms with van der Waals surface area (Å²) in [5.74, 6) is 0. The lowest BCUT2D eigenvalue weighted by Crippen LogP contribution is -1.99. The summed E-state index contributed by atoms with van der Waals surface area (Å²) in [6.45, 7) is 2.26. The van der Waals surface area contributed by atoms with Crippen molar-refractivity contribution in [3.63, 3.8) is 0 Å². The Balaban J connectivity index is 0. The van der Waals surface area contributed by atoms with Crippen molar-refractivity contribution in [2.45, 2.75) is 51.9 Å². The number of nitrogens with zero attached hydrogens (tertiary/aromatic N) is 1. The van der Waals surface area contributed by atoms with Gasteiger partial charge in [0.1, 0.15) is 0 Å². The van der Waals surface area contributed by atoms with Crippen molar-refractivity contribution < 1.29 is 0 Å². The molecule has 0 spiro atoms. The molecule has 0 fully saturated rings. The van der Waals surface area contributed by atoms with E-state index in [0.29, 0.717) is 0 Å². The average Bonchev–Trinajstić information content (AvgIpc) is 2.10. The second-order valence-electron chi connectivity index (χ2n) is 4.15. The molecule has 2 heteroatoms. The van der Waals surface area contributed by atoms with Gasteiger partial charge in [-0.1, -0.05) is 61.4 Å². The highest BCUT2D eigenvalue weighted by Crippen LogP contribution is 2.07. The quantitative estimate of drug-likeness (QED) is 0.490. The molecule has 0 atom stereocenters. The van der Waals surface area contributed by atoms with Crippen LogP contribution in [0.4, 0.5) is 0 Å². The zero-order valence-corrected chi connectivity index (χ0v) is 12.1. The van der Waals surface area contributed by atoms with Crippen molar-refractivity contribution in [2.75, 3.05) is 26.5 Å². The smallest absolute Gasteiger partial charge is 0.00313 e. The number of hydrogen-bond acceptors (Lipinski definition) is 1. The Morgan fingerprint density at radius 3 is 1.50 bits per heavy atom. The highest BCUT2D eigenvalue weighted by atomic mass is 79.9. The monoisotopic (exact) mass is 265 g/mol. The number of hydrogen-bond donors (Lipinski definition) is 0. The summed E-state index contributed by atoms with van der Waals surface area (Å²) in [6, 6.07) is 0. The molecule has 0 bridgehead atoms. The second-order valence-corrected chi connectivity index (χ2v) is 4.94. The zero-order valence-electron chi connectivity index (χ0n) is 10.5. The summed E-state index contributed by atoms with van der Waals surface area (Å²) in [5.41, 5.74) is 0. The maximum atomic E-state index is 3.43. The molecular weight excluding hydrogens is 238 g/mol. The van der Waals surface area contributed by atoms with Crippen molar-refractivity contribution in [2.24, 2.45) is 0 Å². The van der Waals surface area contributed by atoms with Crippen LogP contribution in [0.15, 0.2) is 0 Å². The average molecular weight is 266 g/mol. The number of unbranched alkanes of at least 4 members (excludes halogenated alkanes) is 6. The van der Waals surface area contributed by atoms with Crippen LogP contribution in [0.2, 0.25) is 0 Å². The molecule has 0 aromatic heterocycles. The minimum absolute atomic E-state index is 1.18. The molecule has 14 heavy (non-hydrogen) atoms. The number of halogens is 1. The van der Waals surface area contributed by atoms with E-state index in [2.05, 4.69) is 22.9 Å². The van der Waals surface area contributed by atoms with Gasteiger partial charge in [-0.05, 0) is 27.6 Å². The van der Waals surface area contributed by atoms with Crippen LogP contribution in [0.3, 0.4) is 0 Å². The van der Waals surface area contributed by atoms with Gasteiger partial charge in [0.05, 0.1) is 0 Å². The molecule has 0 aliphatic rings. The molecule has 0 aliphatic heterocycles. The SMILES string of the molecule is CCCCCCCCCBr.CN(C)C. The maximum absolute atomic E-state index is 3.43. The molecule has 0 radical (unpaired) electrons. The molecule has 0 rings (SSSR count). The molecule has 1 nitrogen and oxygen atoms in total. The van der Waals surface area contributed by atoms with E-state index >= 15 is 0 Å². The fraction of sp³-hybridized carbons (Fsp3) is 1.00. The molecule has 0 aliphatic carbocycles. The third-order valence-corrected chi connectivity index (χ3v) is 2.30. The molecule has 0 N–H and O–H groups in total. The highest BCUT2D eigenvalue weighted by Gasteiger charge is 1.88. The summed E-state index contributed by atoms with van der Waals surface area (Å²) < 4.78 is 0. The molecule has 0 aromatic carbocycles. The van der Waals surface area contributed by atoms with Crippen LogP contribution in [-0.2, 0) is 0 Å². The minimum atomic E-state index is 1.18. The van der Waals surface area contributed by atoms with Crippen LogP contribution in [-0.4, -0.2) is 31.4 Å². The first-order valence-electron chi connectivity index (χ1n) is 5.82. The largest absolute Gasteiger partial charge is 0.312 e. The zero-order chi connectivity index (χ0) is 11.2. The van der Waals surface area contributed by atoms with Crippen molar-refractivity contribution in [1.29, 1.82) is 0 Å². The van der Waals surface area contributed by atoms with E-state index in [0.717, 1.165) is 0 Å². The Bertz CT molecular complexity index is 73.6. The Morgan fingerprint density at radius 2 is 1.14 bits per heavy atom. The molecule has 0 heterocycles. The summed E-state index contributed by atoms with van der Waals surface area (Å²) >= 11 is 3.43. The van der Waals surface area contributed by atoms with Gasteiger partial charge in [-0.15, -0.1) is 0 Å². The van der Waals surface area contributed by atoms with Crippen molar-refractivity contribution in [3.8, 4) is 0 Å². The van der Waals surface area contributed by atoms with E-state index in [4.69, 9.17) is 0 Å². The minimum Gasteiger partial charge on any atom is -0.312 e. The van der Waals surface area contributed by atoms with Crippen LogP contribution in [0.5, 0.6) is 0 Å².